The van der Waals surface area contributed by atoms with Crippen molar-refractivity contribution in [3.63, 3.8) is 0 Å². The molecule has 1 N–H and O–H groups in total. The molecule has 110 valence electrons. The van der Waals surface area contributed by atoms with Crippen molar-refractivity contribution >= 4 is 27.5 Å². The zero-order valence-electron chi connectivity index (χ0n) is 11.1. The maximum atomic E-state index is 13.3. The molecule has 1 aromatic heterocycles. The van der Waals surface area contributed by atoms with Gasteiger partial charge < -0.3 is 10.1 Å². The van der Waals surface area contributed by atoms with Crippen molar-refractivity contribution < 1.29 is 9.13 Å². The van der Waals surface area contributed by atoms with E-state index in [1.165, 1.54) is 25.0 Å². The molecule has 1 aliphatic rings. The van der Waals surface area contributed by atoms with Gasteiger partial charge in [-0.05, 0) is 30.5 Å². The fourth-order valence-corrected chi connectivity index (χ4v) is 2.51. The van der Waals surface area contributed by atoms with Gasteiger partial charge in [-0.1, -0.05) is 27.5 Å². The van der Waals surface area contributed by atoms with E-state index in [-0.39, 0.29) is 5.82 Å². The monoisotopic (exact) mass is 370 g/mol. The third-order valence-corrected chi connectivity index (χ3v) is 3.92. The van der Waals surface area contributed by atoms with Gasteiger partial charge >= 0.3 is 0 Å². The van der Waals surface area contributed by atoms with Crippen LogP contribution >= 0.6 is 27.5 Å². The lowest BCUT2D eigenvalue weighted by Gasteiger charge is -2.09. The fraction of sp³-hybridized carbons (Fsp3) is 0.267. The molecule has 1 heterocycles. The molecule has 0 saturated heterocycles. The standard InChI is InChI=1S/C15H13BrClFN2O/c16-10-4-11(18)6-13(5-10)21-15-3-9(14(17)8-20-15)7-19-12-1-2-12/h3-6,8,12,19H,1-2,7H2. The Hall–Kier alpha value is -1.17. The zero-order chi connectivity index (χ0) is 14.8. The lowest BCUT2D eigenvalue weighted by Crippen LogP contribution is -2.15. The van der Waals surface area contributed by atoms with Gasteiger partial charge in [0.05, 0.1) is 5.02 Å². The molecule has 1 fully saturated rings. The van der Waals surface area contributed by atoms with E-state index in [9.17, 15) is 4.39 Å². The van der Waals surface area contributed by atoms with Crippen LogP contribution in [0, 0.1) is 5.82 Å². The van der Waals surface area contributed by atoms with Crippen molar-refractivity contribution in [3.8, 4) is 11.6 Å². The number of pyridine rings is 1. The maximum absolute atomic E-state index is 13.3. The summed E-state index contributed by atoms with van der Waals surface area (Å²) in [6.45, 7) is 0.676. The molecule has 1 aromatic carbocycles. The number of rotatable bonds is 5. The molecule has 0 aliphatic heterocycles. The van der Waals surface area contributed by atoms with Crippen LogP contribution in [0.5, 0.6) is 11.6 Å². The van der Waals surface area contributed by atoms with Crippen molar-refractivity contribution in [2.24, 2.45) is 0 Å². The molecular formula is C15H13BrClFN2O. The third-order valence-electron chi connectivity index (χ3n) is 3.13. The van der Waals surface area contributed by atoms with Crippen molar-refractivity contribution in [2.75, 3.05) is 0 Å². The molecule has 1 saturated carbocycles. The molecule has 0 radical (unpaired) electrons. The second-order valence-electron chi connectivity index (χ2n) is 4.98. The second kappa shape index (κ2) is 6.30. The summed E-state index contributed by atoms with van der Waals surface area (Å²) in [7, 11) is 0. The van der Waals surface area contributed by atoms with Gasteiger partial charge in [0.15, 0.2) is 0 Å². The minimum absolute atomic E-state index is 0.371. The van der Waals surface area contributed by atoms with E-state index in [1.807, 2.05) is 0 Å². The van der Waals surface area contributed by atoms with Gasteiger partial charge in [-0.15, -0.1) is 0 Å². The average molecular weight is 372 g/mol. The van der Waals surface area contributed by atoms with Crippen LogP contribution in [0.3, 0.4) is 0 Å². The Morgan fingerprint density at radius 2 is 2.14 bits per heavy atom. The topological polar surface area (TPSA) is 34.1 Å². The van der Waals surface area contributed by atoms with Gasteiger partial charge in [-0.2, -0.15) is 0 Å². The van der Waals surface area contributed by atoms with Crippen LogP contribution in [-0.2, 0) is 6.54 Å². The summed E-state index contributed by atoms with van der Waals surface area (Å²) < 4.78 is 19.5. The normalized spacial score (nSPS) is 14.2. The Balaban J connectivity index is 1.76. The van der Waals surface area contributed by atoms with Gasteiger partial charge in [0, 0.05) is 35.4 Å². The summed E-state index contributed by atoms with van der Waals surface area (Å²) >= 11 is 9.36. The summed E-state index contributed by atoms with van der Waals surface area (Å²) in [6.07, 6.45) is 3.97. The first kappa shape index (κ1) is 14.8. The Labute approximate surface area is 135 Å². The number of hydrogen-bond donors (Lipinski definition) is 1. The summed E-state index contributed by atoms with van der Waals surface area (Å²) in [5, 5.41) is 3.98. The SMILES string of the molecule is Fc1cc(Br)cc(Oc2cc(CNC3CC3)c(Cl)cn2)c1. The molecule has 0 spiro atoms. The second-order valence-corrected chi connectivity index (χ2v) is 6.30. The molecule has 0 unspecified atom stereocenters. The van der Waals surface area contributed by atoms with Gasteiger partial charge in [0.2, 0.25) is 5.88 Å². The van der Waals surface area contributed by atoms with Gasteiger partial charge in [-0.3, -0.25) is 0 Å². The molecular weight excluding hydrogens is 359 g/mol. The van der Waals surface area contributed by atoms with E-state index < -0.39 is 0 Å². The summed E-state index contributed by atoms with van der Waals surface area (Å²) in [5.74, 6) is 0.409. The summed E-state index contributed by atoms with van der Waals surface area (Å²) in [5.41, 5.74) is 0.920. The first-order valence-corrected chi connectivity index (χ1v) is 7.79. The lowest BCUT2D eigenvalue weighted by atomic mass is 10.2. The smallest absolute Gasteiger partial charge is 0.219 e. The van der Waals surface area contributed by atoms with Crippen molar-refractivity contribution in [3.05, 3.63) is 51.3 Å². The number of halogens is 3. The summed E-state index contributed by atoms with van der Waals surface area (Å²) in [6, 6.07) is 6.73. The van der Waals surface area contributed by atoms with Crippen molar-refractivity contribution in [1.29, 1.82) is 0 Å². The largest absolute Gasteiger partial charge is 0.439 e. The summed E-state index contributed by atoms with van der Waals surface area (Å²) in [4.78, 5) is 4.12. The highest BCUT2D eigenvalue weighted by atomic mass is 79.9. The van der Waals surface area contributed by atoms with Crippen LogP contribution in [0.4, 0.5) is 4.39 Å². The van der Waals surface area contributed by atoms with Crippen LogP contribution in [0.1, 0.15) is 18.4 Å². The molecule has 21 heavy (non-hydrogen) atoms. The average Bonchev–Trinajstić information content (AvgIpc) is 3.22. The molecule has 0 atom stereocenters. The van der Waals surface area contributed by atoms with Gasteiger partial charge in [0.25, 0.3) is 0 Å². The Morgan fingerprint density at radius 3 is 2.86 bits per heavy atom. The number of aromatic nitrogens is 1. The fourth-order valence-electron chi connectivity index (χ4n) is 1.90. The van der Waals surface area contributed by atoms with E-state index >= 15 is 0 Å². The van der Waals surface area contributed by atoms with E-state index in [4.69, 9.17) is 16.3 Å². The highest BCUT2D eigenvalue weighted by Crippen LogP contribution is 2.27. The van der Waals surface area contributed by atoms with E-state index in [1.54, 1.807) is 18.3 Å². The van der Waals surface area contributed by atoms with Gasteiger partial charge in [-0.25, -0.2) is 9.37 Å². The number of nitrogens with one attached hydrogen (secondary N) is 1. The van der Waals surface area contributed by atoms with Crippen LogP contribution in [-0.4, -0.2) is 11.0 Å². The molecule has 0 bridgehead atoms. The minimum Gasteiger partial charge on any atom is -0.439 e. The highest BCUT2D eigenvalue weighted by molar-refractivity contribution is 9.10. The minimum atomic E-state index is -0.371. The predicted octanol–water partition coefficient (Wildman–Crippen LogP) is 4.68. The molecule has 3 rings (SSSR count). The third kappa shape index (κ3) is 4.15. The number of ether oxygens (including phenoxy) is 1. The maximum Gasteiger partial charge on any atom is 0.219 e. The van der Waals surface area contributed by atoms with Crippen molar-refractivity contribution in [1.82, 2.24) is 10.3 Å². The van der Waals surface area contributed by atoms with Crippen LogP contribution in [0.2, 0.25) is 5.02 Å². The van der Waals surface area contributed by atoms with E-state index in [0.717, 1.165) is 5.56 Å². The van der Waals surface area contributed by atoms with Gasteiger partial charge in [0.1, 0.15) is 11.6 Å². The Morgan fingerprint density at radius 1 is 1.33 bits per heavy atom. The van der Waals surface area contributed by atoms with Crippen molar-refractivity contribution in [2.45, 2.75) is 25.4 Å². The molecule has 0 amide bonds. The lowest BCUT2D eigenvalue weighted by molar-refractivity contribution is 0.456. The Bertz CT molecular complexity index is 644. The van der Waals surface area contributed by atoms with E-state index in [2.05, 4.69) is 26.2 Å². The highest BCUT2D eigenvalue weighted by Gasteiger charge is 2.20. The molecule has 6 heteroatoms. The Kier molecular flexibility index (Phi) is 4.42. The first-order valence-electron chi connectivity index (χ1n) is 6.62. The quantitative estimate of drug-likeness (QED) is 0.828. The van der Waals surface area contributed by atoms with Crippen LogP contribution in [0.25, 0.3) is 0 Å². The predicted molar refractivity (Wildman–Crippen MR) is 83.3 cm³/mol. The van der Waals surface area contributed by atoms with E-state index in [0.29, 0.717) is 33.7 Å². The first-order chi connectivity index (χ1) is 10.1. The number of benzene rings is 1. The van der Waals surface area contributed by atoms with Crippen LogP contribution < -0.4 is 10.1 Å². The molecule has 3 nitrogen and oxygen atoms in total. The number of hydrogen-bond acceptors (Lipinski definition) is 3. The van der Waals surface area contributed by atoms with Crippen LogP contribution in [0.15, 0.2) is 34.9 Å². The molecule has 1 aliphatic carbocycles. The zero-order valence-corrected chi connectivity index (χ0v) is 13.4. The molecule has 2 aromatic rings. The number of nitrogens with zero attached hydrogens (tertiary/aromatic N) is 1.